The van der Waals surface area contributed by atoms with E-state index in [0.29, 0.717) is 23.6 Å². The van der Waals surface area contributed by atoms with Gasteiger partial charge in [0.1, 0.15) is 0 Å². The minimum Gasteiger partial charge on any atom is -0.465 e. The number of amides is 1. The van der Waals surface area contributed by atoms with Crippen LogP contribution in [-0.2, 0) is 4.74 Å². The van der Waals surface area contributed by atoms with Gasteiger partial charge in [-0.3, -0.25) is 4.79 Å². The van der Waals surface area contributed by atoms with Crippen LogP contribution in [0.4, 0.5) is 11.5 Å². The van der Waals surface area contributed by atoms with Crippen LogP contribution in [0.3, 0.4) is 0 Å². The van der Waals surface area contributed by atoms with Crippen LogP contribution in [0.2, 0.25) is 0 Å². The fourth-order valence-corrected chi connectivity index (χ4v) is 2.02. The minimum absolute atomic E-state index is 0.227. The van der Waals surface area contributed by atoms with Crippen molar-refractivity contribution < 1.29 is 14.3 Å². The summed E-state index contributed by atoms with van der Waals surface area (Å²) in [7, 11) is 5.18. The number of hydrogen-bond acceptors (Lipinski definition) is 7. The molecule has 0 aliphatic rings. The van der Waals surface area contributed by atoms with Gasteiger partial charge in [-0.2, -0.15) is 0 Å². The highest BCUT2D eigenvalue weighted by atomic mass is 16.5. The highest BCUT2D eigenvalue weighted by Gasteiger charge is 2.12. The molecule has 8 heteroatoms. The van der Waals surface area contributed by atoms with Gasteiger partial charge in [-0.25, -0.2) is 4.79 Å². The number of ether oxygens (including phenoxy) is 1. The number of para-hydroxylation sites is 1. The average Bonchev–Trinajstić information content (AvgIpc) is 2.61. The molecule has 0 fully saturated rings. The second-order valence-electron chi connectivity index (χ2n) is 5.53. The Morgan fingerprint density at radius 2 is 1.88 bits per heavy atom. The van der Waals surface area contributed by atoms with E-state index in [-0.39, 0.29) is 11.6 Å². The summed E-state index contributed by atoms with van der Waals surface area (Å²) in [5.74, 6) is -0.315. The van der Waals surface area contributed by atoms with E-state index in [1.165, 1.54) is 7.11 Å². The van der Waals surface area contributed by atoms with Gasteiger partial charge in [-0.15, -0.1) is 10.2 Å². The van der Waals surface area contributed by atoms with Crippen LogP contribution in [-0.4, -0.2) is 61.3 Å². The molecule has 0 radical (unpaired) electrons. The molecule has 0 bridgehead atoms. The number of likely N-dealkylation sites (N-methyl/N-ethyl adjacent to an activating group) is 1. The molecule has 1 heterocycles. The molecule has 0 atom stereocenters. The number of esters is 1. The number of anilines is 2. The Morgan fingerprint density at radius 3 is 2.52 bits per heavy atom. The predicted molar refractivity (Wildman–Crippen MR) is 94.0 cm³/mol. The Morgan fingerprint density at radius 1 is 1.12 bits per heavy atom. The minimum atomic E-state index is -0.451. The molecular formula is C17H21N5O3. The Balaban J connectivity index is 2.04. The SMILES string of the molecule is COC(=O)c1ccccc1Nc1ccc(C(=O)NCCN(C)C)nn1. The number of rotatable bonds is 7. The number of nitrogens with one attached hydrogen (secondary N) is 2. The van der Waals surface area contributed by atoms with Crippen molar-refractivity contribution >= 4 is 23.4 Å². The van der Waals surface area contributed by atoms with E-state index in [9.17, 15) is 9.59 Å². The van der Waals surface area contributed by atoms with Crippen molar-refractivity contribution in [2.75, 3.05) is 39.6 Å². The smallest absolute Gasteiger partial charge is 0.339 e. The van der Waals surface area contributed by atoms with Gasteiger partial charge in [-0.05, 0) is 38.4 Å². The van der Waals surface area contributed by atoms with E-state index in [0.717, 1.165) is 6.54 Å². The lowest BCUT2D eigenvalue weighted by Crippen LogP contribution is -2.31. The summed E-state index contributed by atoms with van der Waals surface area (Å²) in [5.41, 5.74) is 1.16. The summed E-state index contributed by atoms with van der Waals surface area (Å²) in [5, 5.41) is 13.7. The summed E-state index contributed by atoms with van der Waals surface area (Å²) < 4.78 is 4.75. The number of hydrogen-bond donors (Lipinski definition) is 2. The predicted octanol–water partition coefficient (Wildman–Crippen LogP) is 1.30. The van der Waals surface area contributed by atoms with Crippen molar-refractivity contribution in [2.24, 2.45) is 0 Å². The Labute approximate surface area is 146 Å². The van der Waals surface area contributed by atoms with E-state index in [4.69, 9.17) is 4.74 Å². The zero-order valence-corrected chi connectivity index (χ0v) is 14.4. The molecule has 1 aromatic heterocycles. The molecule has 1 aromatic carbocycles. The van der Waals surface area contributed by atoms with Crippen molar-refractivity contribution in [3.05, 3.63) is 47.7 Å². The molecule has 2 N–H and O–H groups in total. The summed E-state index contributed by atoms with van der Waals surface area (Å²) in [6, 6.07) is 10.1. The summed E-state index contributed by atoms with van der Waals surface area (Å²) in [4.78, 5) is 25.7. The Kier molecular flexibility index (Phi) is 6.41. The molecule has 0 aliphatic heterocycles. The molecule has 2 rings (SSSR count). The highest BCUT2D eigenvalue weighted by molar-refractivity contribution is 5.96. The Hall–Kier alpha value is -3.00. The molecule has 8 nitrogen and oxygen atoms in total. The fourth-order valence-electron chi connectivity index (χ4n) is 2.02. The van der Waals surface area contributed by atoms with Crippen LogP contribution in [0.25, 0.3) is 0 Å². The largest absolute Gasteiger partial charge is 0.465 e. The topological polar surface area (TPSA) is 96.4 Å². The molecule has 0 spiro atoms. The molecular weight excluding hydrogens is 322 g/mol. The van der Waals surface area contributed by atoms with Gasteiger partial charge in [-0.1, -0.05) is 12.1 Å². The third kappa shape index (κ3) is 5.25. The fraction of sp³-hybridized carbons (Fsp3) is 0.294. The molecule has 0 saturated heterocycles. The maximum atomic E-state index is 12.0. The van der Waals surface area contributed by atoms with Gasteiger partial charge in [0, 0.05) is 13.1 Å². The quantitative estimate of drug-likeness (QED) is 0.731. The number of benzene rings is 1. The van der Waals surface area contributed by atoms with Crippen LogP contribution in [0.15, 0.2) is 36.4 Å². The number of aromatic nitrogens is 2. The molecule has 0 saturated carbocycles. The normalized spacial score (nSPS) is 10.4. The molecule has 132 valence electrons. The van der Waals surface area contributed by atoms with Gasteiger partial charge in [0.2, 0.25) is 0 Å². The summed E-state index contributed by atoms with van der Waals surface area (Å²) in [6.07, 6.45) is 0. The van der Waals surface area contributed by atoms with Crippen LogP contribution >= 0.6 is 0 Å². The van der Waals surface area contributed by atoms with Crippen LogP contribution in [0.5, 0.6) is 0 Å². The van der Waals surface area contributed by atoms with E-state index < -0.39 is 5.97 Å². The second-order valence-corrected chi connectivity index (χ2v) is 5.53. The van der Waals surface area contributed by atoms with E-state index in [2.05, 4.69) is 20.8 Å². The van der Waals surface area contributed by atoms with Crippen LogP contribution in [0, 0.1) is 0 Å². The lowest BCUT2D eigenvalue weighted by Gasteiger charge is -2.11. The van der Waals surface area contributed by atoms with E-state index in [1.807, 2.05) is 19.0 Å². The first-order valence-corrected chi connectivity index (χ1v) is 7.72. The van der Waals surface area contributed by atoms with Crippen molar-refractivity contribution in [1.29, 1.82) is 0 Å². The zero-order chi connectivity index (χ0) is 18.2. The van der Waals surface area contributed by atoms with Crippen molar-refractivity contribution in [1.82, 2.24) is 20.4 Å². The maximum absolute atomic E-state index is 12.0. The number of carbonyl (C=O) groups is 2. The maximum Gasteiger partial charge on any atom is 0.339 e. The summed E-state index contributed by atoms with van der Waals surface area (Å²) in [6.45, 7) is 1.27. The first kappa shape index (κ1) is 18.3. The Bertz CT molecular complexity index is 731. The number of methoxy groups -OCH3 is 1. The van der Waals surface area contributed by atoms with Gasteiger partial charge in [0.25, 0.3) is 5.91 Å². The van der Waals surface area contributed by atoms with Gasteiger partial charge < -0.3 is 20.3 Å². The summed E-state index contributed by atoms with van der Waals surface area (Å²) >= 11 is 0. The standard InChI is InChI=1S/C17H21N5O3/c1-22(2)11-10-18-16(23)14-8-9-15(21-20-14)19-13-7-5-4-6-12(13)17(24)25-3/h4-9H,10-11H2,1-3H3,(H,18,23)(H,19,21). The second kappa shape index (κ2) is 8.74. The average molecular weight is 343 g/mol. The highest BCUT2D eigenvalue weighted by Crippen LogP contribution is 2.19. The zero-order valence-electron chi connectivity index (χ0n) is 14.4. The molecule has 0 aliphatic carbocycles. The van der Waals surface area contributed by atoms with Gasteiger partial charge in [0.05, 0.1) is 18.4 Å². The number of nitrogens with zero attached hydrogens (tertiary/aromatic N) is 3. The van der Waals surface area contributed by atoms with Crippen LogP contribution < -0.4 is 10.6 Å². The van der Waals surface area contributed by atoms with Gasteiger partial charge in [0.15, 0.2) is 11.5 Å². The van der Waals surface area contributed by atoms with Crippen molar-refractivity contribution in [3.8, 4) is 0 Å². The van der Waals surface area contributed by atoms with Crippen molar-refractivity contribution in [3.63, 3.8) is 0 Å². The molecule has 25 heavy (non-hydrogen) atoms. The van der Waals surface area contributed by atoms with Gasteiger partial charge >= 0.3 is 5.97 Å². The lowest BCUT2D eigenvalue weighted by atomic mass is 10.2. The molecule has 0 unspecified atom stereocenters. The third-order valence-electron chi connectivity index (χ3n) is 3.34. The van der Waals surface area contributed by atoms with Crippen LogP contribution in [0.1, 0.15) is 20.8 Å². The third-order valence-corrected chi connectivity index (χ3v) is 3.34. The van der Waals surface area contributed by atoms with E-state index >= 15 is 0 Å². The lowest BCUT2D eigenvalue weighted by molar-refractivity contribution is 0.0601. The molecule has 1 amide bonds. The number of carbonyl (C=O) groups excluding carboxylic acids is 2. The first-order chi connectivity index (χ1) is 12.0. The van der Waals surface area contributed by atoms with E-state index in [1.54, 1.807) is 36.4 Å². The molecule has 2 aromatic rings. The van der Waals surface area contributed by atoms with Crippen molar-refractivity contribution in [2.45, 2.75) is 0 Å². The monoisotopic (exact) mass is 343 g/mol. The first-order valence-electron chi connectivity index (χ1n) is 7.72.